The van der Waals surface area contributed by atoms with Crippen LogP contribution < -0.4 is 4.74 Å². The van der Waals surface area contributed by atoms with Crippen molar-refractivity contribution in [2.24, 2.45) is 0 Å². The Morgan fingerprint density at radius 1 is 1.24 bits per heavy atom. The Morgan fingerprint density at radius 2 is 1.95 bits per heavy atom. The average Bonchev–Trinajstić information content (AvgIpc) is 2.48. The van der Waals surface area contributed by atoms with E-state index < -0.39 is 0 Å². The third kappa shape index (κ3) is 5.00. The molecule has 0 bridgehead atoms. The molecule has 0 aliphatic heterocycles. The van der Waals surface area contributed by atoms with Crippen molar-refractivity contribution in [3.05, 3.63) is 62.1 Å². The molecule has 0 atom stereocenters. The lowest BCUT2D eigenvalue weighted by Crippen LogP contribution is -2.30. The lowest BCUT2D eigenvalue weighted by atomic mass is 10.2. The van der Waals surface area contributed by atoms with Crippen LogP contribution in [0.5, 0.6) is 5.75 Å². The molecule has 0 N–H and O–H groups in total. The van der Waals surface area contributed by atoms with E-state index in [0.717, 1.165) is 13.8 Å². The van der Waals surface area contributed by atoms with Crippen LogP contribution >= 0.6 is 38.5 Å². The van der Waals surface area contributed by atoms with Gasteiger partial charge in [-0.05, 0) is 65.1 Å². The Hall–Kier alpha value is -1.08. The molecule has 0 radical (unpaired) electrons. The first kappa shape index (κ1) is 16.3. The summed E-state index contributed by atoms with van der Waals surface area (Å²) in [5, 5.41) is 0. The van der Waals surface area contributed by atoms with Crippen LogP contribution in [0, 0.1) is 3.57 Å². The van der Waals surface area contributed by atoms with Gasteiger partial charge in [0.1, 0.15) is 12.4 Å². The summed E-state index contributed by atoms with van der Waals surface area (Å²) in [7, 11) is 1.78. The zero-order valence-corrected chi connectivity index (χ0v) is 15.3. The number of carbonyl (C=O) groups is 1. The van der Waals surface area contributed by atoms with E-state index in [-0.39, 0.29) is 5.91 Å². The van der Waals surface area contributed by atoms with E-state index in [2.05, 4.69) is 38.5 Å². The molecule has 3 nitrogen and oxygen atoms in total. The van der Waals surface area contributed by atoms with Crippen LogP contribution in [0.1, 0.15) is 10.4 Å². The molecule has 0 unspecified atom stereocenters. The number of carbonyl (C=O) groups excluding carboxylic acids is 1. The molecule has 0 saturated heterocycles. The van der Waals surface area contributed by atoms with Crippen molar-refractivity contribution >= 4 is 44.4 Å². The molecule has 110 valence electrons. The molecule has 5 heteroatoms. The summed E-state index contributed by atoms with van der Waals surface area (Å²) in [6, 6.07) is 15.2. The van der Waals surface area contributed by atoms with E-state index in [9.17, 15) is 4.79 Å². The molecule has 2 aromatic rings. The topological polar surface area (TPSA) is 29.5 Å². The van der Waals surface area contributed by atoms with Crippen LogP contribution in [0.2, 0.25) is 0 Å². The number of rotatable bonds is 5. The van der Waals surface area contributed by atoms with Crippen LogP contribution in [0.3, 0.4) is 0 Å². The number of likely N-dealkylation sites (N-methyl/N-ethyl adjacent to an activating group) is 1. The molecule has 2 rings (SSSR count). The smallest absolute Gasteiger partial charge is 0.253 e. The van der Waals surface area contributed by atoms with Gasteiger partial charge in [0, 0.05) is 20.7 Å². The third-order valence-corrected chi connectivity index (χ3v) is 4.13. The van der Waals surface area contributed by atoms with Gasteiger partial charge in [-0.15, -0.1) is 0 Å². The zero-order chi connectivity index (χ0) is 15.2. The first-order chi connectivity index (χ1) is 10.1. The van der Waals surface area contributed by atoms with Crippen molar-refractivity contribution < 1.29 is 9.53 Å². The Balaban J connectivity index is 1.85. The van der Waals surface area contributed by atoms with E-state index >= 15 is 0 Å². The van der Waals surface area contributed by atoms with Gasteiger partial charge in [0.2, 0.25) is 0 Å². The van der Waals surface area contributed by atoms with Crippen LogP contribution in [-0.2, 0) is 0 Å². The Labute approximate surface area is 146 Å². The quantitative estimate of drug-likeness (QED) is 0.627. The summed E-state index contributed by atoms with van der Waals surface area (Å²) in [5.74, 6) is 0.807. The maximum Gasteiger partial charge on any atom is 0.253 e. The number of ether oxygens (including phenoxy) is 1. The lowest BCUT2D eigenvalue weighted by molar-refractivity contribution is 0.0773. The molecule has 0 aliphatic carbocycles. The summed E-state index contributed by atoms with van der Waals surface area (Å²) in [6.45, 7) is 1.01. The standard InChI is InChI=1S/C16H15BrINO2/c1-19(16(20)12-3-2-4-14(18)11-12)9-10-21-15-7-5-13(17)6-8-15/h2-8,11H,9-10H2,1H3. The predicted octanol–water partition coefficient (Wildman–Crippen LogP) is 4.20. The van der Waals surface area contributed by atoms with Gasteiger partial charge in [0.15, 0.2) is 0 Å². The number of halogens is 2. The number of nitrogens with zero attached hydrogens (tertiary/aromatic N) is 1. The fraction of sp³-hybridized carbons (Fsp3) is 0.188. The number of hydrogen-bond acceptors (Lipinski definition) is 2. The first-order valence-electron chi connectivity index (χ1n) is 6.45. The predicted molar refractivity (Wildman–Crippen MR) is 95.8 cm³/mol. The SMILES string of the molecule is CN(CCOc1ccc(Br)cc1)C(=O)c1cccc(I)c1. The van der Waals surface area contributed by atoms with Crippen LogP contribution in [0.15, 0.2) is 53.0 Å². The van der Waals surface area contributed by atoms with E-state index in [1.54, 1.807) is 11.9 Å². The van der Waals surface area contributed by atoms with E-state index in [1.165, 1.54) is 0 Å². The van der Waals surface area contributed by atoms with Crippen molar-refractivity contribution in [2.45, 2.75) is 0 Å². The first-order valence-corrected chi connectivity index (χ1v) is 8.33. The van der Waals surface area contributed by atoms with Crippen molar-refractivity contribution in [3.8, 4) is 5.75 Å². The van der Waals surface area contributed by atoms with Crippen molar-refractivity contribution in [3.63, 3.8) is 0 Å². The largest absolute Gasteiger partial charge is 0.492 e. The highest BCUT2D eigenvalue weighted by Gasteiger charge is 2.11. The highest BCUT2D eigenvalue weighted by Crippen LogP contribution is 2.16. The van der Waals surface area contributed by atoms with Crippen molar-refractivity contribution in [2.75, 3.05) is 20.2 Å². The Morgan fingerprint density at radius 3 is 2.62 bits per heavy atom. The van der Waals surface area contributed by atoms with Gasteiger partial charge in [-0.25, -0.2) is 0 Å². The minimum Gasteiger partial charge on any atom is -0.492 e. The van der Waals surface area contributed by atoms with Crippen LogP contribution in [0.25, 0.3) is 0 Å². The van der Waals surface area contributed by atoms with Gasteiger partial charge in [-0.3, -0.25) is 4.79 Å². The van der Waals surface area contributed by atoms with Gasteiger partial charge < -0.3 is 9.64 Å². The van der Waals surface area contributed by atoms with Gasteiger partial charge in [0.25, 0.3) is 5.91 Å². The summed E-state index contributed by atoms with van der Waals surface area (Å²) >= 11 is 5.58. The molecule has 0 saturated carbocycles. The third-order valence-electron chi connectivity index (χ3n) is 2.93. The van der Waals surface area contributed by atoms with Crippen molar-refractivity contribution in [1.29, 1.82) is 0 Å². The van der Waals surface area contributed by atoms with E-state index in [4.69, 9.17) is 4.74 Å². The van der Waals surface area contributed by atoms with Crippen molar-refractivity contribution in [1.82, 2.24) is 4.90 Å². The second kappa shape index (κ2) is 7.79. The van der Waals surface area contributed by atoms with Gasteiger partial charge in [-0.2, -0.15) is 0 Å². The normalized spacial score (nSPS) is 10.2. The maximum absolute atomic E-state index is 12.2. The van der Waals surface area contributed by atoms with Crippen LogP contribution in [-0.4, -0.2) is 31.0 Å². The van der Waals surface area contributed by atoms with E-state index in [0.29, 0.717) is 18.7 Å². The summed E-state index contributed by atoms with van der Waals surface area (Å²) in [5.41, 5.74) is 0.702. The summed E-state index contributed by atoms with van der Waals surface area (Å²) in [4.78, 5) is 13.9. The molecule has 0 heterocycles. The van der Waals surface area contributed by atoms with Gasteiger partial charge in [0.05, 0.1) is 6.54 Å². The fourth-order valence-electron chi connectivity index (χ4n) is 1.77. The summed E-state index contributed by atoms with van der Waals surface area (Å²) < 4.78 is 7.69. The molecule has 0 aromatic heterocycles. The maximum atomic E-state index is 12.2. The minimum atomic E-state index is 0.00734. The molecule has 21 heavy (non-hydrogen) atoms. The summed E-state index contributed by atoms with van der Waals surface area (Å²) in [6.07, 6.45) is 0. The number of hydrogen-bond donors (Lipinski definition) is 0. The number of benzene rings is 2. The second-order valence-corrected chi connectivity index (χ2v) is 6.70. The molecule has 2 aromatic carbocycles. The fourth-order valence-corrected chi connectivity index (χ4v) is 2.58. The molecular formula is C16H15BrINO2. The Bertz CT molecular complexity index is 616. The molecule has 0 spiro atoms. The van der Waals surface area contributed by atoms with Crippen LogP contribution in [0.4, 0.5) is 0 Å². The van der Waals surface area contributed by atoms with Gasteiger partial charge >= 0.3 is 0 Å². The molecule has 0 aliphatic rings. The lowest BCUT2D eigenvalue weighted by Gasteiger charge is -2.17. The minimum absolute atomic E-state index is 0.00734. The van der Waals surface area contributed by atoms with Gasteiger partial charge in [-0.1, -0.05) is 22.0 Å². The molecule has 0 fully saturated rings. The monoisotopic (exact) mass is 459 g/mol. The molecular weight excluding hydrogens is 445 g/mol. The number of amides is 1. The second-order valence-electron chi connectivity index (χ2n) is 4.54. The average molecular weight is 460 g/mol. The zero-order valence-electron chi connectivity index (χ0n) is 11.6. The Kier molecular flexibility index (Phi) is 6.05. The molecule has 1 amide bonds. The highest BCUT2D eigenvalue weighted by molar-refractivity contribution is 14.1. The van der Waals surface area contributed by atoms with E-state index in [1.807, 2.05) is 48.5 Å². The highest BCUT2D eigenvalue weighted by atomic mass is 127.